The lowest BCUT2D eigenvalue weighted by atomic mass is 9.78. The Morgan fingerprint density at radius 2 is 1.05 bits per heavy atom. The van der Waals surface area contributed by atoms with Crippen molar-refractivity contribution in [3.05, 3.63) is 131 Å². The van der Waals surface area contributed by atoms with Crippen molar-refractivity contribution in [1.82, 2.24) is 0 Å². The maximum absolute atomic E-state index is 14.3. The van der Waals surface area contributed by atoms with E-state index in [1.807, 2.05) is 94.7 Å². The Labute approximate surface area is 339 Å². The number of allylic oxidation sites excluding steroid dienone is 8. The molecular formula is C45H48N2O9S2. The van der Waals surface area contributed by atoms with Crippen LogP contribution in [0, 0.1) is 5.92 Å². The van der Waals surface area contributed by atoms with Crippen molar-refractivity contribution >= 4 is 64.9 Å². The van der Waals surface area contributed by atoms with Gasteiger partial charge in [-0.1, -0.05) is 101 Å². The van der Waals surface area contributed by atoms with E-state index in [2.05, 4.69) is 27.7 Å². The molecule has 7 rings (SSSR count). The van der Waals surface area contributed by atoms with E-state index in [4.69, 9.17) is 0 Å². The van der Waals surface area contributed by atoms with E-state index < -0.39 is 54.5 Å². The Morgan fingerprint density at radius 1 is 0.655 bits per heavy atom. The van der Waals surface area contributed by atoms with E-state index in [-0.39, 0.29) is 44.6 Å². The minimum Gasteiger partial charge on any atom is -0.481 e. The Kier molecular flexibility index (Phi) is 10.8. The topological polar surface area (TPSA) is 170 Å². The van der Waals surface area contributed by atoms with Crippen LogP contribution < -0.4 is 9.80 Å². The van der Waals surface area contributed by atoms with Gasteiger partial charge in [0.05, 0.1) is 17.4 Å². The molecule has 4 aromatic rings. The first-order valence-corrected chi connectivity index (χ1v) is 22.6. The molecule has 1 atom stereocenters. The number of anilines is 2. The zero-order chi connectivity index (χ0) is 41.8. The van der Waals surface area contributed by atoms with Crippen molar-refractivity contribution in [2.75, 3.05) is 34.4 Å². The molecule has 0 bridgehead atoms. The number of ketones is 1. The minimum atomic E-state index is -4.20. The normalized spacial score (nSPS) is 21.8. The van der Waals surface area contributed by atoms with Gasteiger partial charge in [0.2, 0.25) is 0 Å². The molecule has 2 aliphatic heterocycles. The van der Waals surface area contributed by atoms with E-state index >= 15 is 0 Å². The van der Waals surface area contributed by atoms with Gasteiger partial charge in [-0.05, 0) is 82.6 Å². The summed E-state index contributed by atoms with van der Waals surface area (Å²) in [6, 6.07) is 24.0. The van der Waals surface area contributed by atoms with Gasteiger partial charge in [-0.2, -0.15) is 16.8 Å². The summed E-state index contributed by atoms with van der Waals surface area (Å²) < 4.78 is 65.8. The van der Waals surface area contributed by atoms with E-state index in [0.717, 1.165) is 55.4 Å². The fraction of sp³-hybridized carbons (Fsp3) is 0.333. The fourth-order valence-corrected chi connectivity index (χ4v) is 10.2. The highest BCUT2D eigenvalue weighted by molar-refractivity contribution is 7.86. The minimum absolute atomic E-state index is 0.0234. The monoisotopic (exact) mass is 824 g/mol. The summed E-state index contributed by atoms with van der Waals surface area (Å²) in [5.74, 6) is -3.00. The summed E-state index contributed by atoms with van der Waals surface area (Å²) in [4.78, 5) is 31.0. The third-order valence-corrected chi connectivity index (χ3v) is 13.4. The maximum Gasteiger partial charge on any atom is 0.307 e. The van der Waals surface area contributed by atoms with Crippen LogP contribution in [0.1, 0.15) is 64.5 Å². The van der Waals surface area contributed by atoms with Gasteiger partial charge in [-0.25, -0.2) is 0 Å². The molecule has 304 valence electrons. The molecule has 0 saturated heterocycles. The van der Waals surface area contributed by atoms with E-state index in [1.165, 1.54) is 0 Å². The van der Waals surface area contributed by atoms with Crippen LogP contribution in [-0.4, -0.2) is 67.4 Å². The smallest absolute Gasteiger partial charge is 0.307 e. The zero-order valence-electron chi connectivity index (χ0n) is 33.0. The first kappa shape index (κ1) is 41.1. The third kappa shape index (κ3) is 7.88. The molecule has 11 nitrogen and oxygen atoms in total. The molecule has 1 aliphatic carbocycles. The molecule has 4 aromatic carbocycles. The lowest BCUT2D eigenvalue weighted by Crippen LogP contribution is -2.29. The highest BCUT2D eigenvalue weighted by atomic mass is 32.2. The van der Waals surface area contributed by atoms with Crippen molar-refractivity contribution in [3.63, 3.8) is 0 Å². The van der Waals surface area contributed by atoms with Crippen molar-refractivity contribution in [3.8, 4) is 0 Å². The summed E-state index contributed by atoms with van der Waals surface area (Å²) in [7, 11) is -8.39. The van der Waals surface area contributed by atoms with Gasteiger partial charge in [0.25, 0.3) is 20.2 Å². The Morgan fingerprint density at radius 3 is 1.43 bits per heavy atom. The van der Waals surface area contributed by atoms with Gasteiger partial charge in [-0.3, -0.25) is 18.7 Å². The number of benzene rings is 4. The number of hydrogen-bond acceptors (Lipinski definition) is 8. The van der Waals surface area contributed by atoms with Gasteiger partial charge in [0, 0.05) is 57.8 Å². The van der Waals surface area contributed by atoms with Gasteiger partial charge in [0.1, 0.15) is 0 Å². The molecule has 1 unspecified atom stereocenters. The Bertz CT molecular complexity index is 2530. The van der Waals surface area contributed by atoms with Crippen LogP contribution in [0.15, 0.2) is 120 Å². The van der Waals surface area contributed by atoms with E-state index in [9.17, 15) is 40.6 Å². The number of rotatable bonds is 11. The molecule has 0 spiro atoms. The molecule has 0 radical (unpaired) electrons. The van der Waals surface area contributed by atoms with Crippen molar-refractivity contribution in [1.29, 1.82) is 0 Å². The highest BCUT2D eigenvalue weighted by Gasteiger charge is 2.43. The molecule has 58 heavy (non-hydrogen) atoms. The van der Waals surface area contributed by atoms with Crippen molar-refractivity contribution < 1.29 is 40.6 Å². The quantitative estimate of drug-likeness (QED) is 0.0986. The summed E-state index contributed by atoms with van der Waals surface area (Å²) >= 11 is 0. The number of carboxylic acids is 1. The number of fused-ring (bicyclic) bond motifs is 6. The number of carboxylic acid groups (broad SMARTS) is 1. The third-order valence-electron chi connectivity index (χ3n) is 11.8. The van der Waals surface area contributed by atoms with Crippen molar-refractivity contribution in [2.24, 2.45) is 5.92 Å². The first-order chi connectivity index (χ1) is 27.3. The summed E-state index contributed by atoms with van der Waals surface area (Å²) in [5.41, 5.74) is 4.95. The van der Waals surface area contributed by atoms with E-state index in [0.29, 0.717) is 11.1 Å². The number of aliphatic carboxylic acids is 1. The van der Waals surface area contributed by atoms with Gasteiger partial charge in [0.15, 0.2) is 5.78 Å². The van der Waals surface area contributed by atoms with Crippen LogP contribution in [0.2, 0.25) is 0 Å². The number of Topliss-reactive ketones (excluding diaryl/α,β-unsaturated/α-hetero) is 1. The number of carbonyl (C=O) groups excluding carboxylic acids is 1. The number of hydrogen-bond donors (Lipinski definition) is 3. The molecule has 1 saturated carbocycles. The Hall–Kier alpha value is -5.08. The zero-order valence-corrected chi connectivity index (χ0v) is 34.6. The average Bonchev–Trinajstić information content (AvgIpc) is 3.51. The second-order valence-electron chi connectivity index (χ2n) is 16.5. The average molecular weight is 825 g/mol. The maximum atomic E-state index is 14.3. The largest absolute Gasteiger partial charge is 0.481 e. The lowest BCUT2D eigenvalue weighted by Gasteiger charge is -2.28. The number of nitrogens with zero attached hydrogens (tertiary/aromatic N) is 2. The van der Waals surface area contributed by atoms with Crippen LogP contribution in [-0.2, 0) is 40.7 Å². The lowest BCUT2D eigenvalue weighted by molar-refractivity contribution is -0.142. The van der Waals surface area contributed by atoms with Crippen LogP contribution in [0.4, 0.5) is 11.4 Å². The van der Waals surface area contributed by atoms with Gasteiger partial charge < -0.3 is 14.9 Å². The summed E-state index contributed by atoms with van der Waals surface area (Å²) in [5, 5.41) is 14.4. The first-order valence-electron chi connectivity index (χ1n) is 19.4. The second-order valence-corrected chi connectivity index (χ2v) is 19.6. The van der Waals surface area contributed by atoms with Crippen LogP contribution in [0.5, 0.6) is 0 Å². The van der Waals surface area contributed by atoms with E-state index in [1.54, 1.807) is 12.2 Å². The molecular weight excluding hydrogens is 777 g/mol. The summed E-state index contributed by atoms with van der Waals surface area (Å²) in [6.45, 7) is 8.83. The van der Waals surface area contributed by atoms with Gasteiger partial charge >= 0.3 is 5.97 Å². The fourth-order valence-electron chi connectivity index (χ4n) is 9.18. The Balaban J connectivity index is 1.29. The van der Waals surface area contributed by atoms with Crippen LogP contribution >= 0.6 is 0 Å². The molecule has 0 aromatic heterocycles. The predicted molar refractivity (Wildman–Crippen MR) is 228 cm³/mol. The SMILES string of the molecule is CC1(C)C(=CC=C2CC(C(=O)O)C/C(=C\C=C3\N(CCCS(=O)(=O)O)c4ccc5ccccc5c4C3(C)C)C2=O)N(CCCS(=O)(=O)O)c2ccc3ccccc3c21. The molecule has 3 N–H and O–H groups in total. The molecule has 1 fully saturated rings. The molecule has 13 heteroatoms. The molecule has 3 aliphatic rings. The molecule has 0 amide bonds. The second kappa shape index (κ2) is 15.3. The van der Waals surface area contributed by atoms with Gasteiger partial charge in [-0.15, -0.1) is 0 Å². The van der Waals surface area contributed by atoms with Crippen LogP contribution in [0.25, 0.3) is 21.5 Å². The van der Waals surface area contributed by atoms with Crippen molar-refractivity contribution in [2.45, 2.75) is 64.2 Å². The predicted octanol–water partition coefficient (Wildman–Crippen LogP) is 8.13. The molecule has 2 heterocycles. The summed E-state index contributed by atoms with van der Waals surface area (Å²) in [6.07, 6.45) is 7.43. The standard InChI is InChI=1S/C45H48N2O9S2/c1-44(2)38(46(23-9-25-57(51,52)53)36-19-15-29-11-5-7-13-34(29)40(36)44)21-17-31-27-33(43(49)50)28-32(42(31)48)18-22-39-45(3,4)41-35-14-8-6-12-30(35)16-20-37(41)47(39)24-10-26-58(54,55)56/h5-8,11-22,33H,9-10,23-28H2,1-4H3,(H,49,50)(H,51,52,53)(H,54,55,56)/b31-17+,32-18?,38-21+,39-22?. The van der Waals surface area contributed by atoms with Crippen LogP contribution in [0.3, 0.4) is 0 Å². The number of carbonyl (C=O) groups is 2. The highest BCUT2D eigenvalue weighted by Crippen LogP contribution is 2.52.